The summed E-state index contributed by atoms with van der Waals surface area (Å²) in [6.07, 6.45) is 4.67. The van der Waals surface area contributed by atoms with E-state index in [1.807, 2.05) is 0 Å². The van der Waals surface area contributed by atoms with Gasteiger partial charge in [0.1, 0.15) is 0 Å². The third-order valence-corrected chi connectivity index (χ3v) is 6.34. The van der Waals surface area contributed by atoms with Gasteiger partial charge in [-0.1, -0.05) is 24.6 Å². The Kier molecular flexibility index (Phi) is 5.78. The lowest BCUT2D eigenvalue weighted by Gasteiger charge is -2.21. The van der Waals surface area contributed by atoms with Gasteiger partial charge in [-0.3, -0.25) is 4.98 Å². The molecule has 0 aliphatic rings. The first kappa shape index (κ1) is 20.0. The average Bonchev–Trinajstić information content (AvgIpc) is 2.68. The van der Waals surface area contributed by atoms with Gasteiger partial charge in [0.25, 0.3) is 0 Å². The molecule has 146 valence electrons. The number of hydrogen-bond acceptors (Lipinski definition) is 5. The van der Waals surface area contributed by atoms with Crippen LogP contribution in [-0.2, 0) is 16.6 Å². The van der Waals surface area contributed by atoms with Gasteiger partial charge in [-0.25, -0.2) is 13.4 Å². The van der Waals surface area contributed by atoms with Crippen LogP contribution in [0.4, 0.5) is 5.82 Å². The van der Waals surface area contributed by atoms with Crippen molar-refractivity contribution in [1.82, 2.24) is 14.3 Å². The second kappa shape index (κ2) is 8.09. The number of sulfonamides is 1. The van der Waals surface area contributed by atoms with Gasteiger partial charge in [0.05, 0.1) is 9.92 Å². The Morgan fingerprint density at radius 1 is 1.18 bits per heavy atom. The van der Waals surface area contributed by atoms with Crippen molar-refractivity contribution in [3.05, 3.63) is 59.5 Å². The Labute approximate surface area is 167 Å². The van der Waals surface area contributed by atoms with Crippen molar-refractivity contribution in [3.8, 4) is 0 Å². The average molecular weight is 419 g/mol. The van der Waals surface area contributed by atoms with E-state index in [9.17, 15) is 8.42 Å². The topological polar surface area (TPSA) is 128 Å². The molecule has 0 amide bonds. The monoisotopic (exact) mass is 418 g/mol. The lowest BCUT2D eigenvalue weighted by molar-refractivity contribution is 0.423. The van der Waals surface area contributed by atoms with E-state index in [4.69, 9.17) is 23.1 Å². The minimum Gasteiger partial charge on any atom is -0.370 e. The van der Waals surface area contributed by atoms with Gasteiger partial charge in [-0.15, -0.1) is 0 Å². The van der Waals surface area contributed by atoms with Crippen LogP contribution in [0.2, 0.25) is 5.02 Å². The summed E-state index contributed by atoms with van der Waals surface area (Å²) in [6.45, 7) is 2.31. The van der Waals surface area contributed by atoms with Crippen LogP contribution in [-0.4, -0.2) is 35.2 Å². The third-order valence-electron chi connectivity index (χ3n) is 4.12. The maximum atomic E-state index is 13.2. The van der Waals surface area contributed by atoms with Crippen LogP contribution in [0.3, 0.4) is 0 Å². The minimum absolute atomic E-state index is 0.104. The van der Waals surface area contributed by atoms with Gasteiger partial charge >= 0.3 is 0 Å². The lowest BCUT2D eigenvalue weighted by atomic mass is 10.1. The molecule has 0 atom stereocenters. The highest BCUT2D eigenvalue weighted by molar-refractivity contribution is 7.89. The van der Waals surface area contributed by atoms with Crippen molar-refractivity contribution in [2.45, 2.75) is 18.4 Å². The highest BCUT2D eigenvalue weighted by Crippen LogP contribution is 2.32. The zero-order chi connectivity index (χ0) is 20.3. The van der Waals surface area contributed by atoms with Gasteiger partial charge in [0.15, 0.2) is 11.8 Å². The zero-order valence-corrected chi connectivity index (χ0v) is 16.7. The molecule has 0 aliphatic carbocycles. The molecule has 0 radical (unpaired) electrons. The Bertz CT molecular complexity index is 1130. The normalized spacial score (nSPS) is 11.7. The van der Waals surface area contributed by atoms with Crippen LogP contribution in [0.1, 0.15) is 12.5 Å². The molecule has 10 heteroatoms. The highest BCUT2D eigenvalue weighted by Gasteiger charge is 2.24. The summed E-state index contributed by atoms with van der Waals surface area (Å²) in [5.74, 6) is 0.0193. The molecule has 0 saturated carbocycles. The molecule has 0 bridgehead atoms. The largest absolute Gasteiger partial charge is 0.370 e. The Hall–Kier alpha value is -2.75. The SMILES string of the molecule is CCN(Cc1ccncc1)S(=O)(=O)c1ccc2c(Cl)cnc(N=C(N)N)c2c1. The number of guanidine groups is 1. The predicted octanol–water partition coefficient (Wildman–Crippen LogP) is 2.40. The number of halogens is 1. The molecule has 3 aromatic rings. The van der Waals surface area contributed by atoms with Crippen LogP contribution in [0.15, 0.2) is 58.8 Å². The molecule has 0 fully saturated rings. The summed E-state index contributed by atoms with van der Waals surface area (Å²) in [5.41, 5.74) is 11.8. The number of nitrogens with two attached hydrogens (primary N) is 2. The molecule has 2 heterocycles. The maximum absolute atomic E-state index is 13.2. The van der Waals surface area contributed by atoms with Crippen molar-refractivity contribution in [3.63, 3.8) is 0 Å². The Morgan fingerprint density at radius 3 is 2.54 bits per heavy atom. The summed E-state index contributed by atoms with van der Waals surface area (Å²) < 4.78 is 27.8. The molecule has 0 saturated heterocycles. The number of pyridine rings is 2. The lowest BCUT2D eigenvalue weighted by Crippen LogP contribution is -2.30. The summed E-state index contributed by atoms with van der Waals surface area (Å²) in [4.78, 5) is 12.1. The Morgan fingerprint density at radius 2 is 1.89 bits per heavy atom. The molecule has 8 nitrogen and oxygen atoms in total. The summed E-state index contributed by atoms with van der Waals surface area (Å²) >= 11 is 6.19. The minimum atomic E-state index is -3.77. The molecule has 4 N–H and O–H groups in total. The zero-order valence-electron chi connectivity index (χ0n) is 15.1. The molecule has 0 unspecified atom stereocenters. The summed E-state index contributed by atoms with van der Waals surface area (Å²) in [6, 6.07) is 8.18. The van der Waals surface area contributed by atoms with Crippen LogP contribution in [0.5, 0.6) is 0 Å². The van der Waals surface area contributed by atoms with Crippen molar-refractivity contribution in [2.75, 3.05) is 6.54 Å². The molecular formula is C18H19ClN6O2S. The standard InChI is InChI=1S/C18H19ClN6O2S/c1-2-25(11-12-5-7-22-8-6-12)28(26,27)13-3-4-14-15(9-13)17(24-18(20)21)23-10-16(14)19/h3-10H,2,11H2,1H3,(H4,20,21,23,24). The second-order valence-corrected chi connectivity index (χ2v) is 8.31. The first-order valence-corrected chi connectivity index (χ1v) is 10.2. The van der Waals surface area contributed by atoms with E-state index >= 15 is 0 Å². The number of aromatic nitrogens is 2. The van der Waals surface area contributed by atoms with Crippen molar-refractivity contribution < 1.29 is 8.42 Å². The van der Waals surface area contributed by atoms with E-state index in [-0.39, 0.29) is 23.2 Å². The number of benzene rings is 1. The molecule has 28 heavy (non-hydrogen) atoms. The number of rotatable bonds is 6. The van der Waals surface area contributed by atoms with E-state index < -0.39 is 10.0 Å². The fraction of sp³-hybridized carbons (Fsp3) is 0.167. The molecule has 0 aliphatic heterocycles. The summed E-state index contributed by atoms with van der Waals surface area (Å²) in [5, 5.41) is 1.42. The van der Waals surface area contributed by atoms with Gasteiger partial charge in [-0.2, -0.15) is 9.30 Å². The predicted molar refractivity (Wildman–Crippen MR) is 110 cm³/mol. The van der Waals surface area contributed by atoms with E-state index in [1.54, 1.807) is 37.5 Å². The van der Waals surface area contributed by atoms with E-state index in [0.29, 0.717) is 22.3 Å². The summed E-state index contributed by atoms with van der Waals surface area (Å²) in [7, 11) is -3.77. The first-order chi connectivity index (χ1) is 13.3. The fourth-order valence-corrected chi connectivity index (χ4v) is 4.43. The number of fused-ring (bicyclic) bond motifs is 1. The maximum Gasteiger partial charge on any atom is 0.243 e. The van der Waals surface area contributed by atoms with Crippen molar-refractivity contribution in [1.29, 1.82) is 0 Å². The third kappa shape index (κ3) is 4.06. The van der Waals surface area contributed by atoms with E-state index in [2.05, 4.69) is 15.0 Å². The molecular weight excluding hydrogens is 400 g/mol. The highest BCUT2D eigenvalue weighted by atomic mass is 35.5. The quantitative estimate of drug-likeness (QED) is 0.467. The molecule has 2 aromatic heterocycles. The van der Waals surface area contributed by atoms with Crippen LogP contribution in [0.25, 0.3) is 10.8 Å². The first-order valence-electron chi connectivity index (χ1n) is 8.40. The van der Waals surface area contributed by atoms with Crippen LogP contribution < -0.4 is 11.5 Å². The van der Waals surface area contributed by atoms with Crippen molar-refractivity contribution in [2.24, 2.45) is 16.5 Å². The van der Waals surface area contributed by atoms with Gasteiger partial charge in [-0.05, 0) is 29.8 Å². The number of aliphatic imine (C=N–C) groups is 1. The number of hydrogen-bond donors (Lipinski definition) is 2. The van der Waals surface area contributed by atoms with E-state index in [0.717, 1.165) is 5.56 Å². The van der Waals surface area contributed by atoms with Gasteiger partial charge < -0.3 is 11.5 Å². The van der Waals surface area contributed by atoms with Gasteiger partial charge in [0.2, 0.25) is 10.0 Å². The van der Waals surface area contributed by atoms with E-state index in [1.165, 1.54) is 22.6 Å². The molecule has 0 spiro atoms. The fourth-order valence-electron chi connectivity index (χ4n) is 2.75. The number of nitrogens with zero attached hydrogens (tertiary/aromatic N) is 4. The Balaban J connectivity index is 2.09. The van der Waals surface area contributed by atoms with Crippen LogP contribution >= 0.6 is 11.6 Å². The smallest absolute Gasteiger partial charge is 0.243 e. The van der Waals surface area contributed by atoms with Gasteiger partial charge in [0, 0.05) is 42.5 Å². The molecule has 1 aromatic carbocycles. The van der Waals surface area contributed by atoms with Crippen molar-refractivity contribution >= 4 is 44.2 Å². The second-order valence-electron chi connectivity index (χ2n) is 5.96. The van der Waals surface area contributed by atoms with Crippen LogP contribution in [0, 0.1) is 0 Å². The molecule has 3 rings (SSSR count).